The highest BCUT2D eigenvalue weighted by atomic mass is 32.1. The maximum absolute atomic E-state index is 13.2. The van der Waals surface area contributed by atoms with E-state index in [9.17, 15) is 9.59 Å². The Hall–Kier alpha value is -2.99. The predicted octanol–water partition coefficient (Wildman–Crippen LogP) is 4.63. The number of amides is 2. The van der Waals surface area contributed by atoms with Gasteiger partial charge in [0.25, 0.3) is 11.8 Å². The van der Waals surface area contributed by atoms with Crippen LogP contribution in [0, 0.1) is 0 Å². The Balaban J connectivity index is 1.73. The molecule has 31 heavy (non-hydrogen) atoms. The van der Waals surface area contributed by atoms with Gasteiger partial charge in [-0.05, 0) is 86.8 Å². The van der Waals surface area contributed by atoms with Crippen LogP contribution in [-0.4, -0.2) is 29.0 Å². The molecule has 0 unspecified atom stereocenters. The van der Waals surface area contributed by atoms with Crippen LogP contribution < -0.4 is 15.1 Å². The third kappa shape index (κ3) is 3.76. The summed E-state index contributed by atoms with van der Waals surface area (Å²) in [6, 6.07) is 15.3. The van der Waals surface area contributed by atoms with Crippen LogP contribution in [0.4, 0.5) is 11.4 Å². The van der Waals surface area contributed by atoms with Crippen molar-refractivity contribution < 1.29 is 9.59 Å². The first-order chi connectivity index (χ1) is 14.7. The van der Waals surface area contributed by atoms with Crippen molar-refractivity contribution in [2.75, 3.05) is 16.3 Å². The summed E-state index contributed by atoms with van der Waals surface area (Å²) in [5.41, 5.74) is 4.10. The number of hydrogen-bond acceptors (Lipinski definition) is 4. The van der Waals surface area contributed by atoms with Crippen molar-refractivity contribution in [3.63, 3.8) is 0 Å². The molecule has 5 nitrogen and oxygen atoms in total. The van der Waals surface area contributed by atoms with E-state index in [1.54, 1.807) is 18.2 Å². The van der Waals surface area contributed by atoms with Gasteiger partial charge in [-0.2, -0.15) is 0 Å². The third-order valence-electron chi connectivity index (χ3n) is 6.15. The monoisotopic (exact) mass is 433 g/mol. The lowest BCUT2D eigenvalue weighted by molar-refractivity contribution is -0.122. The summed E-state index contributed by atoms with van der Waals surface area (Å²) in [5.74, 6) is -0.498. The molecule has 1 N–H and O–H groups in total. The molecule has 1 atom stereocenters. The Bertz CT molecular complexity index is 1090. The van der Waals surface area contributed by atoms with Crippen LogP contribution in [0.25, 0.3) is 6.08 Å². The number of rotatable bonds is 3. The number of benzene rings is 2. The van der Waals surface area contributed by atoms with E-state index in [0.717, 1.165) is 18.5 Å². The van der Waals surface area contributed by atoms with Crippen molar-refractivity contribution in [3.8, 4) is 0 Å². The first kappa shape index (κ1) is 21.2. The average molecular weight is 434 g/mol. The lowest BCUT2D eigenvalue weighted by atomic mass is 9.79. The van der Waals surface area contributed by atoms with Gasteiger partial charge in [-0.1, -0.05) is 31.2 Å². The van der Waals surface area contributed by atoms with Crippen LogP contribution in [0.1, 0.15) is 51.2 Å². The van der Waals surface area contributed by atoms with Crippen LogP contribution in [0.15, 0.2) is 54.1 Å². The lowest BCUT2D eigenvalue weighted by Crippen LogP contribution is -2.54. The number of carbonyl (C=O) groups excluding carboxylic acids is 2. The summed E-state index contributed by atoms with van der Waals surface area (Å²) in [7, 11) is 0. The summed E-state index contributed by atoms with van der Waals surface area (Å²) < 4.78 is 0. The molecule has 1 saturated heterocycles. The van der Waals surface area contributed by atoms with Gasteiger partial charge in [-0.3, -0.25) is 19.8 Å². The first-order valence-electron chi connectivity index (χ1n) is 10.6. The normalized spacial score (nSPS) is 21.9. The maximum atomic E-state index is 13.2. The minimum Gasteiger partial charge on any atom is -0.366 e. The largest absolute Gasteiger partial charge is 0.366 e. The van der Waals surface area contributed by atoms with Crippen LogP contribution in [0.2, 0.25) is 0 Å². The second kappa shape index (κ2) is 7.93. The van der Waals surface area contributed by atoms with E-state index in [-0.39, 0.29) is 16.2 Å². The summed E-state index contributed by atoms with van der Waals surface area (Å²) in [5, 5.41) is 2.74. The number of thiocarbonyl (C=S) groups is 1. The molecule has 0 aromatic heterocycles. The van der Waals surface area contributed by atoms with Gasteiger partial charge >= 0.3 is 0 Å². The van der Waals surface area contributed by atoms with Crippen molar-refractivity contribution in [2.24, 2.45) is 0 Å². The summed E-state index contributed by atoms with van der Waals surface area (Å²) in [4.78, 5) is 29.6. The van der Waals surface area contributed by atoms with Gasteiger partial charge in [0, 0.05) is 17.8 Å². The number of anilines is 2. The molecule has 0 saturated carbocycles. The molecule has 2 aliphatic rings. The number of carbonyl (C=O) groups is 2. The number of hydrogen-bond donors (Lipinski definition) is 1. The van der Waals surface area contributed by atoms with Gasteiger partial charge in [-0.15, -0.1) is 0 Å². The highest BCUT2D eigenvalue weighted by Crippen LogP contribution is 2.43. The zero-order chi connectivity index (χ0) is 22.3. The fourth-order valence-electron chi connectivity index (χ4n) is 4.83. The predicted molar refractivity (Wildman–Crippen MR) is 129 cm³/mol. The van der Waals surface area contributed by atoms with E-state index in [0.29, 0.717) is 11.6 Å². The number of para-hydroxylation sites is 1. The van der Waals surface area contributed by atoms with E-state index in [1.807, 2.05) is 24.3 Å². The third-order valence-corrected chi connectivity index (χ3v) is 6.44. The minimum absolute atomic E-state index is 0.0774. The highest BCUT2D eigenvalue weighted by Gasteiger charge is 2.36. The van der Waals surface area contributed by atoms with Gasteiger partial charge in [-0.25, -0.2) is 0 Å². The van der Waals surface area contributed by atoms with E-state index < -0.39 is 11.8 Å². The van der Waals surface area contributed by atoms with E-state index in [4.69, 9.17) is 12.2 Å². The van der Waals surface area contributed by atoms with E-state index in [1.165, 1.54) is 16.2 Å². The fraction of sp³-hybridized carbons (Fsp3) is 0.320. The van der Waals surface area contributed by atoms with Gasteiger partial charge in [0.2, 0.25) is 0 Å². The number of nitrogens with zero attached hydrogens (tertiary/aromatic N) is 2. The van der Waals surface area contributed by atoms with Crippen LogP contribution in [-0.2, 0) is 9.59 Å². The second-order valence-corrected chi connectivity index (χ2v) is 9.16. The van der Waals surface area contributed by atoms with Crippen LogP contribution in [0.3, 0.4) is 0 Å². The van der Waals surface area contributed by atoms with Gasteiger partial charge < -0.3 is 4.90 Å². The van der Waals surface area contributed by atoms with Crippen molar-refractivity contribution >= 4 is 46.6 Å². The Labute approximate surface area is 188 Å². The second-order valence-electron chi connectivity index (χ2n) is 8.77. The molecule has 6 heteroatoms. The summed E-state index contributed by atoms with van der Waals surface area (Å²) in [6.07, 6.45) is 2.71. The first-order valence-corrected chi connectivity index (χ1v) is 11.0. The zero-order valence-corrected chi connectivity index (χ0v) is 19.1. The van der Waals surface area contributed by atoms with Gasteiger partial charge in [0.15, 0.2) is 5.11 Å². The summed E-state index contributed by atoms with van der Waals surface area (Å²) in [6.45, 7) is 9.88. The standard InChI is InChI=1S/C25H27N3O2S/c1-5-27-21-12-11-17(13-19(21)16(2)15-25(27,3)4)14-20-22(29)26-24(31)28(23(20)30)18-9-7-6-8-10-18/h6-14,16H,5,15H2,1-4H3,(H,26,29,31)/b20-14+/t16-/m0/s1. The smallest absolute Gasteiger partial charge is 0.270 e. The molecule has 0 radical (unpaired) electrons. The van der Waals surface area contributed by atoms with Crippen molar-refractivity contribution in [3.05, 3.63) is 65.2 Å². The Kier molecular flexibility index (Phi) is 5.43. The molecule has 2 aromatic rings. The molecule has 0 bridgehead atoms. The molecule has 0 aliphatic carbocycles. The van der Waals surface area contributed by atoms with Gasteiger partial charge in [0.05, 0.1) is 5.69 Å². The van der Waals surface area contributed by atoms with E-state index in [2.05, 4.69) is 50.0 Å². The highest BCUT2D eigenvalue weighted by molar-refractivity contribution is 7.80. The lowest BCUT2D eigenvalue weighted by Gasteiger charge is -2.47. The molecule has 1 fully saturated rings. The Morgan fingerprint density at radius 1 is 1.16 bits per heavy atom. The Morgan fingerprint density at radius 2 is 1.87 bits per heavy atom. The molecule has 160 valence electrons. The molecular formula is C25H27N3O2S. The number of nitrogens with one attached hydrogen (secondary N) is 1. The molecule has 2 aliphatic heterocycles. The quantitative estimate of drug-likeness (QED) is 0.436. The molecule has 2 aromatic carbocycles. The molecular weight excluding hydrogens is 406 g/mol. The van der Waals surface area contributed by atoms with Crippen molar-refractivity contribution in [2.45, 2.75) is 45.6 Å². The summed E-state index contributed by atoms with van der Waals surface area (Å²) >= 11 is 5.26. The van der Waals surface area contributed by atoms with E-state index >= 15 is 0 Å². The molecule has 2 heterocycles. The fourth-order valence-corrected chi connectivity index (χ4v) is 5.11. The molecule has 2 amide bonds. The number of fused-ring (bicyclic) bond motifs is 1. The minimum atomic E-state index is -0.468. The van der Waals surface area contributed by atoms with Gasteiger partial charge in [0.1, 0.15) is 5.57 Å². The molecule has 0 spiro atoms. The Morgan fingerprint density at radius 3 is 2.55 bits per heavy atom. The average Bonchev–Trinajstić information content (AvgIpc) is 2.72. The van der Waals surface area contributed by atoms with Crippen LogP contribution in [0.5, 0.6) is 0 Å². The SMILES string of the molecule is CCN1c2ccc(/C=C3\C(=O)NC(=S)N(c4ccccc4)C3=O)cc2[C@@H](C)CC1(C)C. The van der Waals surface area contributed by atoms with Crippen LogP contribution >= 0.6 is 12.2 Å². The van der Waals surface area contributed by atoms with Crippen molar-refractivity contribution in [1.82, 2.24) is 5.32 Å². The zero-order valence-electron chi connectivity index (χ0n) is 18.3. The van der Waals surface area contributed by atoms with Crippen molar-refractivity contribution in [1.29, 1.82) is 0 Å². The maximum Gasteiger partial charge on any atom is 0.270 e. The topological polar surface area (TPSA) is 52.7 Å². The molecule has 4 rings (SSSR count).